The van der Waals surface area contributed by atoms with Gasteiger partial charge in [-0.15, -0.1) is 0 Å². The van der Waals surface area contributed by atoms with Crippen LogP contribution in [-0.2, 0) is 10.2 Å². The zero-order valence-corrected chi connectivity index (χ0v) is 15.3. The van der Waals surface area contributed by atoms with E-state index in [4.69, 9.17) is 4.74 Å². The Labute approximate surface area is 154 Å². The molecule has 0 spiro atoms. The van der Waals surface area contributed by atoms with Gasteiger partial charge in [-0.05, 0) is 43.4 Å². The van der Waals surface area contributed by atoms with Crippen LogP contribution in [0.15, 0.2) is 30.6 Å². The smallest absolute Gasteiger partial charge is 0.233 e. The third-order valence-electron chi connectivity index (χ3n) is 6.11. The second-order valence-corrected chi connectivity index (χ2v) is 7.45. The molecule has 1 saturated carbocycles. The zero-order chi connectivity index (χ0) is 18.0. The summed E-state index contributed by atoms with van der Waals surface area (Å²) in [6, 6.07) is 8.09. The van der Waals surface area contributed by atoms with Crippen molar-refractivity contribution in [3.8, 4) is 5.75 Å². The lowest BCUT2D eigenvalue weighted by Crippen LogP contribution is -2.48. The molecule has 2 aromatic rings. The number of methoxy groups -OCH3 is 1. The molecule has 2 aliphatic rings. The molecule has 0 radical (unpaired) electrons. The van der Waals surface area contributed by atoms with Crippen molar-refractivity contribution in [2.24, 2.45) is 0 Å². The summed E-state index contributed by atoms with van der Waals surface area (Å²) in [4.78, 5) is 19.9. The van der Waals surface area contributed by atoms with Gasteiger partial charge in [-0.3, -0.25) is 9.89 Å². The van der Waals surface area contributed by atoms with Crippen LogP contribution in [-0.4, -0.2) is 46.2 Å². The number of likely N-dealkylation sites (tertiary alicyclic amines) is 1. The molecule has 1 aromatic heterocycles. The van der Waals surface area contributed by atoms with E-state index in [9.17, 15) is 4.79 Å². The van der Waals surface area contributed by atoms with Crippen molar-refractivity contribution in [3.63, 3.8) is 0 Å². The Balaban J connectivity index is 1.51. The van der Waals surface area contributed by atoms with Gasteiger partial charge < -0.3 is 9.64 Å². The van der Waals surface area contributed by atoms with Gasteiger partial charge in [-0.1, -0.05) is 25.0 Å². The summed E-state index contributed by atoms with van der Waals surface area (Å²) in [6.45, 7) is 1.59. The van der Waals surface area contributed by atoms with E-state index < -0.39 is 0 Å². The average Bonchev–Trinajstić information content (AvgIpc) is 3.40. The highest BCUT2D eigenvalue weighted by Crippen LogP contribution is 2.43. The van der Waals surface area contributed by atoms with E-state index in [1.54, 1.807) is 13.4 Å². The molecule has 1 amide bonds. The number of benzene rings is 1. The average molecular weight is 354 g/mol. The van der Waals surface area contributed by atoms with Crippen LogP contribution in [0.3, 0.4) is 0 Å². The first-order valence-corrected chi connectivity index (χ1v) is 9.52. The number of nitrogens with zero attached hydrogens (tertiary/aromatic N) is 3. The van der Waals surface area contributed by atoms with Crippen LogP contribution in [0.5, 0.6) is 5.75 Å². The van der Waals surface area contributed by atoms with Crippen LogP contribution in [0.1, 0.15) is 55.8 Å². The third kappa shape index (κ3) is 2.97. The number of H-pyrrole nitrogens is 1. The second-order valence-electron chi connectivity index (χ2n) is 7.45. The largest absolute Gasteiger partial charge is 0.497 e. The van der Waals surface area contributed by atoms with Crippen LogP contribution in [0.4, 0.5) is 0 Å². The maximum Gasteiger partial charge on any atom is 0.233 e. The second kappa shape index (κ2) is 7.09. The number of hydrogen-bond acceptors (Lipinski definition) is 4. The van der Waals surface area contributed by atoms with E-state index in [0.29, 0.717) is 11.8 Å². The molecule has 1 aromatic carbocycles. The molecule has 0 unspecified atom stereocenters. The van der Waals surface area contributed by atoms with E-state index in [1.165, 1.54) is 0 Å². The molecule has 1 aliphatic heterocycles. The fourth-order valence-electron chi connectivity index (χ4n) is 4.58. The quantitative estimate of drug-likeness (QED) is 0.916. The number of ether oxygens (including phenoxy) is 1. The van der Waals surface area contributed by atoms with E-state index in [0.717, 1.165) is 68.8 Å². The number of aromatic amines is 1. The van der Waals surface area contributed by atoms with Crippen LogP contribution >= 0.6 is 0 Å². The third-order valence-corrected chi connectivity index (χ3v) is 6.11. The highest BCUT2D eigenvalue weighted by molar-refractivity contribution is 5.88. The summed E-state index contributed by atoms with van der Waals surface area (Å²) >= 11 is 0. The fraction of sp³-hybridized carbons (Fsp3) is 0.550. The van der Waals surface area contributed by atoms with Crippen molar-refractivity contribution >= 4 is 5.91 Å². The highest BCUT2D eigenvalue weighted by Gasteiger charge is 2.45. The number of carbonyl (C=O) groups excluding carboxylic acids is 1. The lowest BCUT2D eigenvalue weighted by atomic mass is 9.77. The van der Waals surface area contributed by atoms with E-state index >= 15 is 0 Å². The normalized spacial score (nSPS) is 20.3. The van der Waals surface area contributed by atoms with Gasteiger partial charge in [0.25, 0.3) is 0 Å². The Morgan fingerprint density at radius 1 is 1.19 bits per heavy atom. The van der Waals surface area contributed by atoms with Crippen LogP contribution < -0.4 is 4.74 Å². The molecule has 1 saturated heterocycles. The Morgan fingerprint density at radius 3 is 2.46 bits per heavy atom. The standard InChI is InChI=1S/C20H26N4O2/c1-26-17-6-4-16(5-7-17)20(10-2-3-11-20)19(25)24-12-8-15(9-13-24)18-21-14-22-23-18/h4-7,14-15H,2-3,8-13H2,1H3,(H,21,22,23). The molecule has 138 valence electrons. The molecule has 0 atom stereocenters. The van der Waals surface area contributed by atoms with Gasteiger partial charge in [0.2, 0.25) is 5.91 Å². The number of piperidine rings is 1. The van der Waals surface area contributed by atoms with Gasteiger partial charge in [0.1, 0.15) is 17.9 Å². The van der Waals surface area contributed by atoms with Gasteiger partial charge in [0.15, 0.2) is 0 Å². The van der Waals surface area contributed by atoms with Crippen molar-refractivity contribution in [1.82, 2.24) is 20.1 Å². The molecule has 26 heavy (non-hydrogen) atoms. The van der Waals surface area contributed by atoms with Crippen LogP contribution in [0.25, 0.3) is 0 Å². The fourth-order valence-corrected chi connectivity index (χ4v) is 4.58. The summed E-state index contributed by atoms with van der Waals surface area (Å²) in [7, 11) is 1.67. The monoisotopic (exact) mass is 354 g/mol. The first kappa shape index (κ1) is 17.1. The Kier molecular flexibility index (Phi) is 4.66. The maximum absolute atomic E-state index is 13.5. The van der Waals surface area contributed by atoms with Crippen molar-refractivity contribution in [2.45, 2.75) is 49.9 Å². The topological polar surface area (TPSA) is 71.1 Å². The van der Waals surface area contributed by atoms with E-state index in [2.05, 4.69) is 32.2 Å². The summed E-state index contributed by atoms with van der Waals surface area (Å²) in [5, 5.41) is 6.93. The molecule has 2 heterocycles. The Morgan fingerprint density at radius 2 is 1.88 bits per heavy atom. The molecule has 2 fully saturated rings. The number of aromatic nitrogens is 3. The number of rotatable bonds is 4. The van der Waals surface area contributed by atoms with Gasteiger partial charge in [0.05, 0.1) is 12.5 Å². The molecule has 0 bridgehead atoms. The number of hydrogen-bond donors (Lipinski definition) is 1. The Bertz CT molecular complexity index is 728. The predicted molar refractivity (Wildman–Crippen MR) is 98.1 cm³/mol. The molecule has 4 rings (SSSR count). The van der Waals surface area contributed by atoms with Crippen molar-refractivity contribution in [1.29, 1.82) is 0 Å². The van der Waals surface area contributed by atoms with Gasteiger partial charge in [0, 0.05) is 19.0 Å². The minimum atomic E-state index is -0.356. The molecular formula is C20H26N4O2. The molecule has 6 heteroatoms. The molecule has 6 nitrogen and oxygen atoms in total. The summed E-state index contributed by atoms with van der Waals surface area (Å²) in [6.07, 6.45) is 7.57. The van der Waals surface area contributed by atoms with E-state index in [-0.39, 0.29) is 5.41 Å². The van der Waals surface area contributed by atoms with Gasteiger partial charge >= 0.3 is 0 Å². The SMILES string of the molecule is COc1ccc(C2(C(=O)N3CCC(c4ncn[nH]4)CC3)CCCC2)cc1. The van der Waals surface area contributed by atoms with Crippen molar-refractivity contribution in [2.75, 3.05) is 20.2 Å². The van der Waals surface area contributed by atoms with E-state index in [1.807, 2.05) is 12.1 Å². The minimum Gasteiger partial charge on any atom is -0.497 e. The summed E-state index contributed by atoms with van der Waals surface area (Å²) < 4.78 is 5.28. The molecular weight excluding hydrogens is 328 g/mol. The summed E-state index contributed by atoms with van der Waals surface area (Å²) in [5.41, 5.74) is 0.781. The van der Waals surface area contributed by atoms with Gasteiger partial charge in [-0.25, -0.2) is 4.98 Å². The maximum atomic E-state index is 13.5. The number of nitrogens with one attached hydrogen (secondary N) is 1. The van der Waals surface area contributed by atoms with Crippen molar-refractivity contribution < 1.29 is 9.53 Å². The first-order chi connectivity index (χ1) is 12.7. The lowest BCUT2D eigenvalue weighted by molar-refractivity contribution is -0.138. The highest BCUT2D eigenvalue weighted by atomic mass is 16.5. The molecule has 1 aliphatic carbocycles. The lowest BCUT2D eigenvalue weighted by Gasteiger charge is -2.38. The molecule has 1 N–H and O–H groups in total. The predicted octanol–water partition coefficient (Wildman–Crippen LogP) is 3.03. The first-order valence-electron chi connectivity index (χ1n) is 9.52. The summed E-state index contributed by atoms with van der Waals surface area (Å²) in [5.74, 6) is 2.46. The number of carbonyl (C=O) groups is 1. The van der Waals surface area contributed by atoms with Crippen LogP contribution in [0.2, 0.25) is 0 Å². The minimum absolute atomic E-state index is 0.302. The van der Waals surface area contributed by atoms with Gasteiger partial charge in [-0.2, -0.15) is 5.10 Å². The van der Waals surface area contributed by atoms with Crippen LogP contribution in [0, 0.1) is 0 Å². The number of amides is 1. The Hall–Kier alpha value is -2.37. The zero-order valence-electron chi connectivity index (χ0n) is 15.3. The van der Waals surface area contributed by atoms with Crippen molar-refractivity contribution in [3.05, 3.63) is 42.0 Å².